The molecule has 1 rings (SSSR count). The quantitative estimate of drug-likeness (QED) is 0.527. The van der Waals surface area contributed by atoms with Crippen LogP contribution < -0.4 is 0 Å². The maximum Gasteiger partial charge on any atom is 0.269 e. The van der Waals surface area contributed by atoms with Crippen molar-refractivity contribution >= 4 is 5.69 Å². The van der Waals surface area contributed by atoms with E-state index in [-0.39, 0.29) is 10.6 Å². The first kappa shape index (κ1) is 9.71. The van der Waals surface area contributed by atoms with E-state index < -0.39 is 0 Å². The summed E-state index contributed by atoms with van der Waals surface area (Å²) in [5.74, 6) is 0. The van der Waals surface area contributed by atoms with Gasteiger partial charge in [-0.3, -0.25) is 10.1 Å². The Labute approximate surface area is 77.5 Å². The number of hydrogen-bond donors (Lipinski definition) is 0. The minimum atomic E-state index is -0.381. The fourth-order valence-corrected chi connectivity index (χ4v) is 1.28. The average molecular weight is 178 g/mol. The van der Waals surface area contributed by atoms with E-state index in [1.165, 1.54) is 6.07 Å². The molecule has 69 valence electrons. The third-order valence-corrected chi connectivity index (χ3v) is 1.79. The topological polar surface area (TPSA) is 43.1 Å². The third-order valence-electron chi connectivity index (χ3n) is 1.79. The number of rotatable bonds is 3. The van der Waals surface area contributed by atoms with E-state index in [1.807, 2.05) is 13.0 Å². The zero-order chi connectivity index (χ0) is 9.84. The molecule has 0 amide bonds. The number of non-ortho nitro benzene ring substituents is 1. The van der Waals surface area contributed by atoms with Crippen molar-refractivity contribution in [2.24, 2.45) is 0 Å². The van der Waals surface area contributed by atoms with Gasteiger partial charge in [-0.25, -0.2) is 0 Å². The lowest BCUT2D eigenvalue weighted by atomic mass is 10.1. The number of benzene rings is 1. The monoisotopic (exact) mass is 178 g/mol. The highest BCUT2D eigenvalue weighted by Crippen LogP contribution is 2.17. The van der Waals surface area contributed by atoms with Crippen LogP contribution in [0.1, 0.15) is 24.5 Å². The Balaban J connectivity index is 3.03. The molecule has 0 bridgehead atoms. The minimum Gasteiger partial charge on any atom is -0.258 e. The molecule has 0 aliphatic rings. The Morgan fingerprint density at radius 2 is 2.15 bits per heavy atom. The number of aryl methyl sites for hydroxylation is 1. The highest BCUT2D eigenvalue weighted by molar-refractivity contribution is 5.40. The van der Waals surface area contributed by atoms with Crippen molar-refractivity contribution in [3.8, 4) is 0 Å². The fraction of sp³-hybridized carbons (Fsp3) is 0.300. The Morgan fingerprint density at radius 1 is 1.46 bits per heavy atom. The summed E-state index contributed by atoms with van der Waals surface area (Å²) < 4.78 is 0. The van der Waals surface area contributed by atoms with Crippen molar-refractivity contribution in [1.29, 1.82) is 0 Å². The standard InChI is InChI=1S/C10H12NO2/c1-3-4-9-5-8(2)6-10(7-9)11(12)13/h5-7H,2-4H2,1H3. The summed E-state index contributed by atoms with van der Waals surface area (Å²) >= 11 is 0. The molecule has 0 saturated carbocycles. The Hall–Kier alpha value is -1.38. The van der Waals surface area contributed by atoms with Gasteiger partial charge in [0.2, 0.25) is 0 Å². The SMILES string of the molecule is [CH2]c1cc(CCC)cc([N+](=O)[O-])c1. The zero-order valence-electron chi connectivity index (χ0n) is 7.62. The maximum atomic E-state index is 10.5. The van der Waals surface area contributed by atoms with Crippen LogP contribution in [-0.4, -0.2) is 4.92 Å². The lowest BCUT2D eigenvalue weighted by molar-refractivity contribution is -0.384. The number of nitrogens with zero attached hydrogens (tertiary/aromatic N) is 1. The third kappa shape index (κ3) is 2.54. The van der Waals surface area contributed by atoms with E-state index in [9.17, 15) is 10.1 Å². The maximum absolute atomic E-state index is 10.5. The van der Waals surface area contributed by atoms with Gasteiger partial charge in [-0.05, 0) is 24.5 Å². The molecular formula is C10H12NO2. The van der Waals surface area contributed by atoms with Gasteiger partial charge in [0.1, 0.15) is 0 Å². The molecular weight excluding hydrogens is 166 g/mol. The molecule has 0 saturated heterocycles. The van der Waals surface area contributed by atoms with Crippen molar-refractivity contribution in [1.82, 2.24) is 0 Å². The van der Waals surface area contributed by atoms with E-state index in [4.69, 9.17) is 0 Å². The molecule has 0 aromatic heterocycles. The second kappa shape index (κ2) is 4.03. The molecule has 0 unspecified atom stereocenters. The van der Waals surface area contributed by atoms with Gasteiger partial charge in [0.05, 0.1) is 4.92 Å². The first-order chi connectivity index (χ1) is 6.13. The number of nitro groups is 1. The largest absolute Gasteiger partial charge is 0.269 e. The predicted octanol–water partition coefficient (Wildman–Crippen LogP) is 2.73. The van der Waals surface area contributed by atoms with Crippen molar-refractivity contribution in [2.75, 3.05) is 0 Å². The van der Waals surface area contributed by atoms with E-state index in [1.54, 1.807) is 6.07 Å². The summed E-state index contributed by atoms with van der Waals surface area (Å²) in [6.45, 7) is 5.75. The Morgan fingerprint density at radius 3 is 2.69 bits per heavy atom. The summed E-state index contributed by atoms with van der Waals surface area (Å²) in [6.07, 6.45) is 1.85. The second-order valence-electron chi connectivity index (χ2n) is 3.01. The lowest BCUT2D eigenvalue weighted by Crippen LogP contribution is -1.92. The second-order valence-corrected chi connectivity index (χ2v) is 3.01. The van der Waals surface area contributed by atoms with Gasteiger partial charge in [-0.2, -0.15) is 0 Å². The van der Waals surface area contributed by atoms with Crippen LogP contribution in [0.5, 0.6) is 0 Å². The van der Waals surface area contributed by atoms with Gasteiger partial charge in [0.15, 0.2) is 0 Å². The summed E-state index contributed by atoms with van der Waals surface area (Å²) in [7, 11) is 0. The summed E-state index contributed by atoms with van der Waals surface area (Å²) in [5.41, 5.74) is 1.83. The highest BCUT2D eigenvalue weighted by atomic mass is 16.6. The van der Waals surface area contributed by atoms with Crippen molar-refractivity contribution in [3.05, 3.63) is 46.4 Å². The van der Waals surface area contributed by atoms with E-state index in [0.717, 1.165) is 18.4 Å². The first-order valence-corrected chi connectivity index (χ1v) is 4.24. The van der Waals surface area contributed by atoms with Crippen LogP contribution in [0.3, 0.4) is 0 Å². The molecule has 3 nitrogen and oxygen atoms in total. The van der Waals surface area contributed by atoms with Gasteiger partial charge in [-0.15, -0.1) is 0 Å². The summed E-state index contributed by atoms with van der Waals surface area (Å²) in [4.78, 5) is 10.1. The fourth-order valence-electron chi connectivity index (χ4n) is 1.28. The molecule has 1 aromatic carbocycles. The number of hydrogen-bond acceptors (Lipinski definition) is 2. The van der Waals surface area contributed by atoms with Crippen LogP contribution in [-0.2, 0) is 6.42 Å². The smallest absolute Gasteiger partial charge is 0.258 e. The first-order valence-electron chi connectivity index (χ1n) is 4.24. The van der Waals surface area contributed by atoms with Crippen LogP contribution in [0.2, 0.25) is 0 Å². The van der Waals surface area contributed by atoms with Crippen molar-refractivity contribution in [2.45, 2.75) is 19.8 Å². The molecule has 0 fully saturated rings. The van der Waals surface area contributed by atoms with Crippen LogP contribution in [0, 0.1) is 17.0 Å². The Kier molecular flexibility index (Phi) is 3.01. The van der Waals surface area contributed by atoms with Gasteiger partial charge in [0, 0.05) is 12.1 Å². The van der Waals surface area contributed by atoms with E-state index >= 15 is 0 Å². The predicted molar refractivity (Wildman–Crippen MR) is 51.6 cm³/mol. The van der Waals surface area contributed by atoms with Crippen LogP contribution >= 0.6 is 0 Å². The highest BCUT2D eigenvalue weighted by Gasteiger charge is 2.06. The van der Waals surface area contributed by atoms with Crippen molar-refractivity contribution in [3.63, 3.8) is 0 Å². The summed E-state index contributed by atoms with van der Waals surface area (Å²) in [5, 5.41) is 10.5. The van der Waals surface area contributed by atoms with E-state index in [0.29, 0.717) is 5.56 Å². The molecule has 0 heterocycles. The Bertz CT molecular complexity index is 321. The van der Waals surface area contributed by atoms with Gasteiger partial charge in [-0.1, -0.05) is 19.4 Å². The van der Waals surface area contributed by atoms with Gasteiger partial charge < -0.3 is 0 Å². The van der Waals surface area contributed by atoms with E-state index in [2.05, 4.69) is 6.92 Å². The molecule has 3 heteroatoms. The van der Waals surface area contributed by atoms with Crippen LogP contribution in [0.25, 0.3) is 0 Å². The molecule has 0 N–H and O–H groups in total. The lowest BCUT2D eigenvalue weighted by Gasteiger charge is -2.00. The molecule has 13 heavy (non-hydrogen) atoms. The molecule has 1 aromatic rings. The normalized spacial score (nSPS) is 10.0. The average Bonchev–Trinajstić information content (AvgIpc) is 2.03. The van der Waals surface area contributed by atoms with Gasteiger partial charge in [0.25, 0.3) is 5.69 Å². The van der Waals surface area contributed by atoms with Crippen LogP contribution in [0.4, 0.5) is 5.69 Å². The van der Waals surface area contributed by atoms with Crippen LogP contribution in [0.15, 0.2) is 18.2 Å². The van der Waals surface area contributed by atoms with Crippen molar-refractivity contribution < 1.29 is 4.92 Å². The molecule has 0 atom stereocenters. The number of nitro benzene ring substituents is 1. The zero-order valence-corrected chi connectivity index (χ0v) is 7.62. The molecule has 0 aliphatic carbocycles. The molecule has 0 spiro atoms. The minimum absolute atomic E-state index is 0.135. The van der Waals surface area contributed by atoms with Gasteiger partial charge >= 0.3 is 0 Å². The summed E-state index contributed by atoms with van der Waals surface area (Å²) in [6, 6.07) is 4.98. The molecule has 1 radical (unpaired) electrons. The molecule has 0 aliphatic heterocycles.